The lowest BCUT2D eigenvalue weighted by molar-refractivity contribution is 0.174. The fraction of sp³-hybridized carbons (Fsp3) is 0.286. The van der Waals surface area contributed by atoms with Crippen LogP contribution in [-0.2, 0) is 6.54 Å². The van der Waals surface area contributed by atoms with Gasteiger partial charge in [-0.3, -0.25) is 0 Å². The van der Waals surface area contributed by atoms with E-state index in [1.165, 1.54) is 14.9 Å². The van der Waals surface area contributed by atoms with Gasteiger partial charge in [-0.15, -0.1) is 11.3 Å². The Morgan fingerprint density at radius 2 is 2.16 bits per heavy atom. The molecule has 2 heterocycles. The molecule has 2 aromatic rings. The standard InChI is InChI=1S/C14H14BrNO2S/c1-9(16-6-10-4-14(15)19-7-10)11-2-3-12-13(5-11)18-8-17-12/h2-5,7,9,16H,6,8H2,1H3. The van der Waals surface area contributed by atoms with E-state index in [0.717, 1.165) is 18.0 Å². The summed E-state index contributed by atoms with van der Waals surface area (Å²) in [6, 6.07) is 8.51. The normalized spacial score (nSPS) is 14.6. The van der Waals surface area contributed by atoms with Gasteiger partial charge in [0.1, 0.15) is 0 Å². The SMILES string of the molecule is CC(NCc1csc(Br)c1)c1ccc2c(c1)OCO2. The van der Waals surface area contributed by atoms with Crippen molar-refractivity contribution in [1.82, 2.24) is 5.32 Å². The number of ether oxygens (including phenoxy) is 2. The third-order valence-corrected chi connectivity index (χ3v) is 4.68. The second-order valence-corrected chi connectivity index (χ2v) is 6.76. The van der Waals surface area contributed by atoms with Crippen molar-refractivity contribution in [1.29, 1.82) is 0 Å². The Labute approximate surface area is 124 Å². The van der Waals surface area contributed by atoms with Crippen LogP contribution in [-0.4, -0.2) is 6.79 Å². The molecule has 1 N–H and O–H groups in total. The molecule has 0 saturated carbocycles. The number of hydrogen-bond acceptors (Lipinski definition) is 4. The highest BCUT2D eigenvalue weighted by Crippen LogP contribution is 2.34. The lowest BCUT2D eigenvalue weighted by Crippen LogP contribution is -2.17. The van der Waals surface area contributed by atoms with Crippen LogP contribution in [0.2, 0.25) is 0 Å². The van der Waals surface area contributed by atoms with Gasteiger partial charge in [-0.25, -0.2) is 0 Å². The number of rotatable bonds is 4. The molecule has 0 fully saturated rings. The van der Waals surface area contributed by atoms with E-state index >= 15 is 0 Å². The second kappa shape index (κ2) is 5.53. The lowest BCUT2D eigenvalue weighted by atomic mass is 10.1. The largest absolute Gasteiger partial charge is 0.454 e. The Bertz CT molecular complexity index is 585. The van der Waals surface area contributed by atoms with E-state index in [4.69, 9.17) is 9.47 Å². The zero-order chi connectivity index (χ0) is 13.2. The molecule has 0 bridgehead atoms. The molecule has 0 amide bonds. The van der Waals surface area contributed by atoms with Gasteiger partial charge in [-0.1, -0.05) is 6.07 Å². The molecule has 0 spiro atoms. The van der Waals surface area contributed by atoms with Crippen molar-refractivity contribution in [2.75, 3.05) is 6.79 Å². The molecule has 3 rings (SSSR count). The summed E-state index contributed by atoms with van der Waals surface area (Å²) >= 11 is 5.19. The van der Waals surface area contributed by atoms with E-state index in [0.29, 0.717) is 6.79 Å². The zero-order valence-corrected chi connectivity index (χ0v) is 12.9. The van der Waals surface area contributed by atoms with Crippen molar-refractivity contribution >= 4 is 27.3 Å². The van der Waals surface area contributed by atoms with Gasteiger partial charge in [0.2, 0.25) is 6.79 Å². The van der Waals surface area contributed by atoms with Crippen molar-refractivity contribution in [3.05, 3.63) is 44.6 Å². The number of nitrogens with one attached hydrogen (secondary N) is 1. The van der Waals surface area contributed by atoms with Gasteiger partial charge in [0.05, 0.1) is 3.79 Å². The highest BCUT2D eigenvalue weighted by Gasteiger charge is 2.15. The quantitative estimate of drug-likeness (QED) is 0.909. The maximum atomic E-state index is 5.40. The number of thiophene rings is 1. The molecule has 1 unspecified atom stereocenters. The Hall–Kier alpha value is -1.04. The van der Waals surface area contributed by atoms with Gasteiger partial charge < -0.3 is 14.8 Å². The number of hydrogen-bond donors (Lipinski definition) is 1. The summed E-state index contributed by atoms with van der Waals surface area (Å²) in [4.78, 5) is 0. The number of benzene rings is 1. The van der Waals surface area contributed by atoms with Crippen LogP contribution in [0.5, 0.6) is 11.5 Å². The van der Waals surface area contributed by atoms with Crippen molar-refractivity contribution in [2.24, 2.45) is 0 Å². The Morgan fingerprint density at radius 1 is 1.32 bits per heavy atom. The molecule has 5 heteroatoms. The third kappa shape index (κ3) is 2.94. The van der Waals surface area contributed by atoms with Gasteiger partial charge in [0, 0.05) is 12.6 Å². The van der Waals surface area contributed by atoms with Crippen LogP contribution in [0.15, 0.2) is 33.4 Å². The van der Waals surface area contributed by atoms with Crippen molar-refractivity contribution < 1.29 is 9.47 Å². The highest BCUT2D eigenvalue weighted by atomic mass is 79.9. The maximum Gasteiger partial charge on any atom is 0.231 e. The Balaban J connectivity index is 1.65. The summed E-state index contributed by atoms with van der Waals surface area (Å²) in [5.74, 6) is 1.67. The summed E-state index contributed by atoms with van der Waals surface area (Å²) in [6.45, 7) is 3.33. The van der Waals surface area contributed by atoms with E-state index in [2.05, 4.69) is 45.7 Å². The summed E-state index contributed by atoms with van der Waals surface area (Å²) in [6.07, 6.45) is 0. The third-order valence-electron chi connectivity index (χ3n) is 3.13. The van der Waals surface area contributed by atoms with Crippen LogP contribution in [0.1, 0.15) is 24.1 Å². The van der Waals surface area contributed by atoms with Gasteiger partial charge in [0.15, 0.2) is 11.5 Å². The molecule has 19 heavy (non-hydrogen) atoms. The fourth-order valence-corrected chi connectivity index (χ4v) is 3.22. The van der Waals surface area contributed by atoms with E-state index in [1.54, 1.807) is 11.3 Å². The minimum absolute atomic E-state index is 0.271. The van der Waals surface area contributed by atoms with Crippen LogP contribution in [0, 0.1) is 0 Å². The minimum Gasteiger partial charge on any atom is -0.454 e. The summed E-state index contributed by atoms with van der Waals surface area (Å²) in [5.41, 5.74) is 2.50. The second-order valence-electron chi connectivity index (χ2n) is 4.47. The van der Waals surface area contributed by atoms with E-state index in [1.807, 2.05) is 12.1 Å². The first-order chi connectivity index (χ1) is 9.22. The smallest absolute Gasteiger partial charge is 0.231 e. The van der Waals surface area contributed by atoms with Crippen LogP contribution < -0.4 is 14.8 Å². The molecule has 1 aliphatic rings. The molecule has 3 nitrogen and oxygen atoms in total. The van der Waals surface area contributed by atoms with Crippen LogP contribution >= 0.6 is 27.3 Å². The monoisotopic (exact) mass is 339 g/mol. The summed E-state index contributed by atoms with van der Waals surface area (Å²) in [5, 5.41) is 5.67. The molecule has 1 atom stereocenters. The Kier molecular flexibility index (Phi) is 3.77. The molecule has 1 aromatic heterocycles. The van der Waals surface area contributed by atoms with Gasteiger partial charge >= 0.3 is 0 Å². The van der Waals surface area contributed by atoms with Crippen molar-refractivity contribution in [3.8, 4) is 11.5 Å². The van der Waals surface area contributed by atoms with E-state index in [-0.39, 0.29) is 6.04 Å². The summed E-state index contributed by atoms with van der Waals surface area (Å²) in [7, 11) is 0. The van der Waals surface area contributed by atoms with Gasteiger partial charge in [-0.05, 0) is 57.6 Å². The topological polar surface area (TPSA) is 30.5 Å². The first-order valence-corrected chi connectivity index (χ1v) is 7.75. The molecule has 0 saturated heterocycles. The Morgan fingerprint density at radius 3 is 2.95 bits per heavy atom. The van der Waals surface area contributed by atoms with Crippen LogP contribution in [0.4, 0.5) is 0 Å². The first kappa shape index (κ1) is 13.0. The van der Waals surface area contributed by atoms with Gasteiger partial charge in [0.25, 0.3) is 0 Å². The van der Waals surface area contributed by atoms with Crippen LogP contribution in [0.3, 0.4) is 0 Å². The predicted octanol–water partition coefficient (Wildman–Crippen LogP) is 4.09. The van der Waals surface area contributed by atoms with E-state index in [9.17, 15) is 0 Å². The number of halogens is 1. The number of fused-ring (bicyclic) bond motifs is 1. The molecule has 1 aromatic carbocycles. The van der Waals surface area contributed by atoms with Crippen molar-refractivity contribution in [3.63, 3.8) is 0 Å². The molecule has 100 valence electrons. The average molecular weight is 340 g/mol. The van der Waals surface area contributed by atoms with Crippen molar-refractivity contribution in [2.45, 2.75) is 19.5 Å². The highest BCUT2D eigenvalue weighted by molar-refractivity contribution is 9.11. The molecular formula is C14H14BrNO2S. The molecule has 0 radical (unpaired) electrons. The molecular weight excluding hydrogens is 326 g/mol. The fourth-order valence-electron chi connectivity index (χ4n) is 2.01. The van der Waals surface area contributed by atoms with E-state index < -0.39 is 0 Å². The molecule has 0 aliphatic carbocycles. The summed E-state index contributed by atoms with van der Waals surface area (Å²) < 4.78 is 11.9. The maximum absolute atomic E-state index is 5.40. The van der Waals surface area contributed by atoms with Gasteiger partial charge in [-0.2, -0.15) is 0 Å². The molecule has 1 aliphatic heterocycles. The average Bonchev–Trinajstić information content (AvgIpc) is 3.03. The lowest BCUT2D eigenvalue weighted by Gasteiger charge is -2.14. The zero-order valence-electron chi connectivity index (χ0n) is 10.5. The van der Waals surface area contributed by atoms with Crippen LogP contribution in [0.25, 0.3) is 0 Å². The predicted molar refractivity (Wildman–Crippen MR) is 79.8 cm³/mol. The minimum atomic E-state index is 0.271. The first-order valence-electron chi connectivity index (χ1n) is 6.08.